The maximum Gasteiger partial charge on any atom is 0.225 e. The minimum absolute atomic E-state index is 0.0858. The van der Waals surface area contributed by atoms with E-state index in [4.69, 9.17) is 4.74 Å². The summed E-state index contributed by atoms with van der Waals surface area (Å²) in [6, 6.07) is 15.8. The van der Waals surface area contributed by atoms with Gasteiger partial charge in [0.25, 0.3) is 0 Å². The Morgan fingerprint density at radius 1 is 0.966 bits per heavy atom. The van der Waals surface area contributed by atoms with E-state index in [-0.39, 0.29) is 11.3 Å². The molecule has 3 aromatic rings. The van der Waals surface area contributed by atoms with Crippen LogP contribution in [0.5, 0.6) is 5.75 Å². The third-order valence-corrected chi connectivity index (χ3v) is 4.63. The van der Waals surface area contributed by atoms with Gasteiger partial charge in [-0.05, 0) is 52.8 Å². The molecule has 150 valence electrons. The first-order chi connectivity index (χ1) is 13.9. The van der Waals surface area contributed by atoms with Crippen LogP contribution in [0.3, 0.4) is 0 Å². The van der Waals surface area contributed by atoms with Gasteiger partial charge in [-0.2, -0.15) is 0 Å². The summed E-state index contributed by atoms with van der Waals surface area (Å²) in [5.41, 5.74) is 3.56. The Morgan fingerprint density at radius 2 is 1.69 bits per heavy atom. The van der Waals surface area contributed by atoms with Crippen molar-refractivity contribution in [3.05, 3.63) is 83.8 Å². The topological polar surface area (TPSA) is 64.1 Å². The zero-order valence-electron chi connectivity index (χ0n) is 17.2. The summed E-state index contributed by atoms with van der Waals surface area (Å²) in [6.45, 7) is 6.96. The SMILES string of the molecule is CC(C)(C)c1ccc(CCC(=O)Nc2ncccc2OCc2ccncc2)cc1. The molecule has 2 heterocycles. The molecule has 0 unspecified atom stereocenters. The minimum atomic E-state index is -0.0858. The van der Waals surface area contributed by atoms with Gasteiger partial charge in [0, 0.05) is 25.0 Å². The molecule has 0 aliphatic carbocycles. The average Bonchev–Trinajstić information content (AvgIpc) is 2.72. The summed E-state index contributed by atoms with van der Waals surface area (Å²) in [5, 5.41) is 2.87. The lowest BCUT2D eigenvalue weighted by atomic mass is 9.86. The van der Waals surface area contributed by atoms with Crippen LogP contribution in [0.25, 0.3) is 0 Å². The molecule has 0 bridgehead atoms. The second kappa shape index (κ2) is 9.32. The Bertz CT molecular complexity index is 932. The Balaban J connectivity index is 1.55. The second-order valence-electron chi connectivity index (χ2n) is 7.99. The molecule has 5 nitrogen and oxygen atoms in total. The minimum Gasteiger partial charge on any atom is -0.485 e. The summed E-state index contributed by atoms with van der Waals surface area (Å²) in [7, 11) is 0. The standard InChI is InChI=1S/C24H27N3O2/c1-24(2,3)20-9-6-18(7-10-20)8-11-22(28)27-23-21(5-4-14-26-23)29-17-19-12-15-25-16-13-19/h4-7,9-10,12-16H,8,11,17H2,1-3H3,(H,26,27,28). The second-order valence-corrected chi connectivity index (χ2v) is 7.99. The van der Waals surface area contributed by atoms with Crippen LogP contribution in [0.4, 0.5) is 5.82 Å². The Morgan fingerprint density at radius 3 is 2.38 bits per heavy atom. The average molecular weight is 389 g/mol. The van der Waals surface area contributed by atoms with Crippen molar-refractivity contribution >= 4 is 11.7 Å². The van der Waals surface area contributed by atoms with E-state index in [9.17, 15) is 4.79 Å². The van der Waals surface area contributed by atoms with Gasteiger partial charge in [0.15, 0.2) is 11.6 Å². The number of hydrogen-bond acceptors (Lipinski definition) is 4. The fourth-order valence-corrected chi connectivity index (χ4v) is 2.86. The van der Waals surface area contributed by atoms with Gasteiger partial charge in [0.05, 0.1) is 0 Å². The highest BCUT2D eigenvalue weighted by Gasteiger charge is 2.13. The quantitative estimate of drug-likeness (QED) is 0.623. The summed E-state index contributed by atoms with van der Waals surface area (Å²) < 4.78 is 5.83. The Hall–Kier alpha value is -3.21. The first-order valence-corrected chi connectivity index (χ1v) is 9.78. The molecule has 0 saturated heterocycles. The first-order valence-electron chi connectivity index (χ1n) is 9.78. The van der Waals surface area contributed by atoms with Crippen molar-refractivity contribution in [2.24, 2.45) is 0 Å². The number of ether oxygens (including phenoxy) is 1. The fourth-order valence-electron chi connectivity index (χ4n) is 2.86. The molecule has 3 rings (SSSR count). The zero-order valence-corrected chi connectivity index (χ0v) is 17.2. The van der Waals surface area contributed by atoms with Gasteiger partial charge in [-0.1, -0.05) is 45.0 Å². The van der Waals surface area contributed by atoms with E-state index in [1.54, 1.807) is 30.7 Å². The van der Waals surface area contributed by atoms with Crippen LogP contribution in [0, 0.1) is 0 Å². The van der Waals surface area contributed by atoms with Crippen molar-refractivity contribution in [3.8, 4) is 5.75 Å². The zero-order chi connectivity index (χ0) is 20.7. The maximum absolute atomic E-state index is 12.4. The van der Waals surface area contributed by atoms with E-state index in [0.29, 0.717) is 31.0 Å². The summed E-state index contributed by atoms with van der Waals surface area (Å²) in [6.07, 6.45) is 6.14. The highest BCUT2D eigenvalue weighted by molar-refractivity contribution is 5.91. The van der Waals surface area contributed by atoms with E-state index in [1.807, 2.05) is 12.1 Å². The van der Waals surface area contributed by atoms with Crippen LogP contribution in [0.2, 0.25) is 0 Å². The van der Waals surface area contributed by atoms with Crippen molar-refractivity contribution in [3.63, 3.8) is 0 Å². The summed E-state index contributed by atoms with van der Waals surface area (Å²) in [5.74, 6) is 0.902. The van der Waals surface area contributed by atoms with Crippen LogP contribution in [0.1, 0.15) is 43.9 Å². The number of rotatable bonds is 7. The summed E-state index contributed by atoms with van der Waals surface area (Å²) >= 11 is 0. The van der Waals surface area contributed by atoms with Crippen molar-refractivity contribution < 1.29 is 9.53 Å². The largest absolute Gasteiger partial charge is 0.485 e. The van der Waals surface area contributed by atoms with E-state index in [0.717, 1.165) is 11.1 Å². The van der Waals surface area contributed by atoms with Crippen LogP contribution in [-0.4, -0.2) is 15.9 Å². The van der Waals surface area contributed by atoms with Crippen molar-refractivity contribution in [1.29, 1.82) is 0 Å². The number of anilines is 1. The monoisotopic (exact) mass is 389 g/mol. The predicted octanol–water partition coefficient (Wildman–Crippen LogP) is 4.92. The Kier molecular flexibility index (Phi) is 6.60. The van der Waals surface area contributed by atoms with Crippen molar-refractivity contribution in [1.82, 2.24) is 9.97 Å². The van der Waals surface area contributed by atoms with Gasteiger partial charge in [-0.25, -0.2) is 4.98 Å². The summed E-state index contributed by atoms with van der Waals surface area (Å²) in [4.78, 5) is 20.7. The number of pyridine rings is 2. The van der Waals surface area contributed by atoms with Gasteiger partial charge in [-0.3, -0.25) is 9.78 Å². The lowest BCUT2D eigenvalue weighted by Gasteiger charge is -2.19. The number of carbonyl (C=O) groups is 1. The highest BCUT2D eigenvalue weighted by Crippen LogP contribution is 2.24. The van der Waals surface area contributed by atoms with Crippen LogP contribution < -0.4 is 10.1 Å². The van der Waals surface area contributed by atoms with Gasteiger partial charge >= 0.3 is 0 Å². The number of nitrogens with zero attached hydrogens (tertiary/aromatic N) is 2. The predicted molar refractivity (Wildman–Crippen MR) is 115 cm³/mol. The first kappa shape index (κ1) is 20.5. The van der Waals surface area contributed by atoms with Crippen molar-refractivity contribution in [2.75, 3.05) is 5.32 Å². The number of aryl methyl sites for hydroxylation is 1. The van der Waals surface area contributed by atoms with Crippen LogP contribution in [0.15, 0.2) is 67.1 Å². The molecule has 0 saturated carbocycles. The van der Waals surface area contributed by atoms with Gasteiger partial charge < -0.3 is 10.1 Å². The number of hydrogen-bond donors (Lipinski definition) is 1. The number of benzene rings is 1. The number of nitrogens with one attached hydrogen (secondary N) is 1. The lowest BCUT2D eigenvalue weighted by molar-refractivity contribution is -0.116. The molecule has 1 aromatic carbocycles. The number of amides is 1. The van der Waals surface area contributed by atoms with Crippen LogP contribution >= 0.6 is 0 Å². The molecule has 1 N–H and O–H groups in total. The fraction of sp³-hybridized carbons (Fsp3) is 0.292. The molecule has 0 fully saturated rings. The van der Waals surface area contributed by atoms with Crippen LogP contribution in [-0.2, 0) is 23.2 Å². The molecule has 0 radical (unpaired) electrons. The molecule has 0 spiro atoms. The smallest absolute Gasteiger partial charge is 0.225 e. The third-order valence-electron chi connectivity index (χ3n) is 4.63. The molecule has 2 aromatic heterocycles. The molecular weight excluding hydrogens is 362 g/mol. The van der Waals surface area contributed by atoms with Gasteiger partial charge in [0.2, 0.25) is 5.91 Å². The number of aromatic nitrogens is 2. The van der Waals surface area contributed by atoms with E-state index in [2.05, 4.69) is 60.3 Å². The molecule has 29 heavy (non-hydrogen) atoms. The lowest BCUT2D eigenvalue weighted by Crippen LogP contribution is -2.15. The molecular formula is C24H27N3O2. The number of carbonyl (C=O) groups excluding carboxylic acids is 1. The third kappa shape index (κ3) is 6.14. The van der Waals surface area contributed by atoms with E-state index < -0.39 is 0 Å². The molecule has 0 aliphatic rings. The highest BCUT2D eigenvalue weighted by atomic mass is 16.5. The molecule has 1 amide bonds. The van der Waals surface area contributed by atoms with Gasteiger partial charge in [-0.15, -0.1) is 0 Å². The van der Waals surface area contributed by atoms with Gasteiger partial charge in [0.1, 0.15) is 6.61 Å². The van der Waals surface area contributed by atoms with E-state index >= 15 is 0 Å². The molecule has 0 atom stereocenters. The maximum atomic E-state index is 12.4. The normalized spacial score (nSPS) is 11.1. The molecule has 5 heteroatoms. The Labute approximate surface area is 172 Å². The van der Waals surface area contributed by atoms with E-state index in [1.165, 1.54) is 5.56 Å². The molecule has 0 aliphatic heterocycles. The van der Waals surface area contributed by atoms with Crippen molar-refractivity contribution in [2.45, 2.75) is 45.6 Å².